The molecule has 1 atom stereocenters. The fourth-order valence-corrected chi connectivity index (χ4v) is 3.48. The lowest BCUT2D eigenvalue weighted by atomic mass is 9.73. The first-order valence-corrected chi connectivity index (χ1v) is 7.44. The molecule has 1 N–H and O–H groups in total. The minimum Gasteiger partial charge on any atom is -0.313 e. The van der Waals surface area contributed by atoms with E-state index in [1.54, 1.807) is 0 Å². The van der Waals surface area contributed by atoms with Crippen molar-refractivity contribution in [3.05, 3.63) is 35.9 Å². The van der Waals surface area contributed by atoms with Gasteiger partial charge in [0.1, 0.15) is 0 Å². The van der Waals surface area contributed by atoms with Crippen LogP contribution in [-0.2, 0) is 0 Å². The van der Waals surface area contributed by atoms with Crippen LogP contribution in [0.25, 0.3) is 0 Å². The van der Waals surface area contributed by atoms with E-state index in [2.05, 4.69) is 56.5 Å². The summed E-state index contributed by atoms with van der Waals surface area (Å²) in [6.45, 7) is 4.75. The number of benzene rings is 1. The molecule has 2 rings (SSSR count). The van der Waals surface area contributed by atoms with Crippen molar-refractivity contribution in [2.75, 3.05) is 7.05 Å². The van der Waals surface area contributed by atoms with Crippen LogP contribution in [0.2, 0.25) is 0 Å². The molecule has 1 aromatic carbocycles. The molecule has 100 valence electrons. The van der Waals surface area contributed by atoms with Crippen LogP contribution in [0.1, 0.15) is 51.1 Å². The molecule has 0 aliphatic heterocycles. The highest BCUT2D eigenvalue weighted by Gasteiger charge is 2.28. The Morgan fingerprint density at radius 3 is 2.00 bits per heavy atom. The smallest absolute Gasteiger partial charge is 0.0346 e. The minimum absolute atomic E-state index is 0.541. The van der Waals surface area contributed by atoms with Gasteiger partial charge >= 0.3 is 0 Å². The van der Waals surface area contributed by atoms with Crippen molar-refractivity contribution >= 4 is 0 Å². The minimum atomic E-state index is 0.541. The summed E-state index contributed by atoms with van der Waals surface area (Å²) in [5.74, 6) is 2.62. The Labute approximate surface area is 112 Å². The Balaban J connectivity index is 1.99. The zero-order valence-electron chi connectivity index (χ0n) is 12.0. The van der Waals surface area contributed by atoms with Crippen molar-refractivity contribution in [3.63, 3.8) is 0 Å². The lowest BCUT2D eigenvalue weighted by molar-refractivity contribution is 0.192. The van der Waals surface area contributed by atoms with Crippen molar-refractivity contribution in [2.45, 2.75) is 45.6 Å². The van der Waals surface area contributed by atoms with E-state index >= 15 is 0 Å². The predicted octanol–water partition coefficient (Wildman–Crippen LogP) is 4.41. The van der Waals surface area contributed by atoms with E-state index in [1.165, 1.54) is 31.2 Å². The van der Waals surface area contributed by atoms with E-state index in [4.69, 9.17) is 0 Å². The van der Waals surface area contributed by atoms with Crippen LogP contribution in [0.3, 0.4) is 0 Å². The molecule has 0 saturated heterocycles. The first-order chi connectivity index (χ1) is 8.72. The van der Waals surface area contributed by atoms with E-state index in [-0.39, 0.29) is 0 Å². The van der Waals surface area contributed by atoms with E-state index < -0.39 is 0 Å². The van der Waals surface area contributed by atoms with Gasteiger partial charge < -0.3 is 5.32 Å². The van der Waals surface area contributed by atoms with E-state index in [0.717, 1.165) is 17.8 Å². The topological polar surface area (TPSA) is 12.0 Å². The molecule has 0 spiro atoms. The average Bonchev–Trinajstić information content (AvgIpc) is 2.41. The molecule has 0 bridgehead atoms. The Hall–Kier alpha value is -0.820. The molecule has 1 nitrogen and oxygen atoms in total. The third-order valence-corrected chi connectivity index (χ3v) is 4.70. The molecular weight excluding hydrogens is 218 g/mol. The largest absolute Gasteiger partial charge is 0.313 e. The van der Waals surface area contributed by atoms with E-state index in [0.29, 0.717) is 6.04 Å². The summed E-state index contributed by atoms with van der Waals surface area (Å²) in [5.41, 5.74) is 1.45. The van der Waals surface area contributed by atoms with Gasteiger partial charge in [0.05, 0.1) is 0 Å². The number of rotatable bonds is 4. The fourth-order valence-electron chi connectivity index (χ4n) is 3.48. The molecule has 1 aliphatic carbocycles. The highest BCUT2D eigenvalue weighted by molar-refractivity contribution is 5.19. The quantitative estimate of drug-likeness (QED) is 0.828. The van der Waals surface area contributed by atoms with Crippen LogP contribution < -0.4 is 5.32 Å². The molecule has 0 heterocycles. The summed E-state index contributed by atoms with van der Waals surface area (Å²) in [6.07, 6.45) is 5.58. The molecule has 18 heavy (non-hydrogen) atoms. The second-order valence-electron chi connectivity index (χ2n) is 6.10. The Kier molecular flexibility index (Phi) is 4.82. The summed E-state index contributed by atoms with van der Waals surface area (Å²) >= 11 is 0. The van der Waals surface area contributed by atoms with Crippen LogP contribution >= 0.6 is 0 Å². The number of hydrogen-bond acceptors (Lipinski definition) is 1. The first kappa shape index (κ1) is 13.6. The molecule has 1 fully saturated rings. The van der Waals surface area contributed by atoms with Crippen LogP contribution in [0.15, 0.2) is 30.3 Å². The van der Waals surface area contributed by atoms with Gasteiger partial charge in [-0.2, -0.15) is 0 Å². The van der Waals surface area contributed by atoms with Gasteiger partial charge in [0.25, 0.3) is 0 Å². The zero-order chi connectivity index (χ0) is 13.0. The average molecular weight is 245 g/mol. The van der Waals surface area contributed by atoms with Gasteiger partial charge in [-0.15, -0.1) is 0 Å². The molecule has 1 heteroatoms. The van der Waals surface area contributed by atoms with Crippen LogP contribution in [0.4, 0.5) is 0 Å². The SMILES string of the molecule is CNC(c1ccccc1)C1CCC(C(C)C)CC1. The van der Waals surface area contributed by atoms with Gasteiger partial charge in [0, 0.05) is 6.04 Å². The molecule has 1 aliphatic rings. The number of hydrogen-bond donors (Lipinski definition) is 1. The number of nitrogens with one attached hydrogen (secondary N) is 1. The van der Waals surface area contributed by atoms with Gasteiger partial charge in [-0.25, -0.2) is 0 Å². The molecule has 1 saturated carbocycles. The van der Waals surface area contributed by atoms with Gasteiger partial charge in [0.2, 0.25) is 0 Å². The standard InChI is InChI=1S/C17H27N/c1-13(2)14-9-11-16(12-10-14)17(18-3)15-7-5-4-6-8-15/h4-8,13-14,16-18H,9-12H2,1-3H3. The summed E-state index contributed by atoms with van der Waals surface area (Å²) in [6, 6.07) is 11.5. The fraction of sp³-hybridized carbons (Fsp3) is 0.647. The highest BCUT2D eigenvalue weighted by atomic mass is 14.9. The van der Waals surface area contributed by atoms with E-state index in [1.807, 2.05) is 0 Å². The van der Waals surface area contributed by atoms with Crippen LogP contribution in [0.5, 0.6) is 0 Å². The molecule has 1 unspecified atom stereocenters. The van der Waals surface area contributed by atoms with Crippen LogP contribution in [-0.4, -0.2) is 7.05 Å². The van der Waals surface area contributed by atoms with Crippen molar-refractivity contribution < 1.29 is 0 Å². The molecule has 0 amide bonds. The van der Waals surface area contributed by atoms with Gasteiger partial charge in [0.15, 0.2) is 0 Å². The van der Waals surface area contributed by atoms with Gasteiger partial charge in [-0.1, -0.05) is 44.2 Å². The maximum Gasteiger partial charge on any atom is 0.0346 e. The Morgan fingerprint density at radius 2 is 1.50 bits per heavy atom. The first-order valence-electron chi connectivity index (χ1n) is 7.44. The van der Waals surface area contributed by atoms with Crippen molar-refractivity contribution in [1.29, 1.82) is 0 Å². The maximum absolute atomic E-state index is 3.53. The van der Waals surface area contributed by atoms with Crippen molar-refractivity contribution in [1.82, 2.24) is 5.32 Å². The predicted molar refractivity (Wildman–Crippen MR) is 78.5 cm³/mol. The Morgan fingerprint density at radius 1 is 0.944 bits per heavy atom. The summed E-state index contributed by atoms with van der Waals surface area (Å²) < 4.78 is 0. The molecule has 1 aromatic rings. The molecular formula is C17H27N. The Bertz CT molecular complexity index is 336. The van der Waals surface area contributed by atoms with Crippen molar-refractivity contribution in [2.24, 2.45) is 17.8 Å². The second-order valence-corrected chi connectivity index (χ2v) is 6.10. The van der Waals surface area contributed by atoms with Gasteiger partial charge in [-0.3, -0.25) is 0 Å². The highest BCUT2D eigenvalue weighted by Crippen LogP contribution is 2.39. The third kappa shape index (κ3) is 3.14. The monoisotopic (exact) mass is 245 g/mol. The second kappa shape index (κ2) is 6.38. The lowest BCUT2D eigenvalue weighted by Crippen LogP contribution is -2.29. The maximum atomic E-state index is 3.53. The lowest BCUT2D eigenvalue weighted by Gasteiger charge is -2.35. The normalized spacial score (nSPS) is 26.2. The van der Waals surface area contributed by atoms with E-state index in [9.17, 15) is 0 Å². The summed E-state index contributed by atoms with van der Waals surface area (Å²) in [7, 11) is 2.10. The van der Waals surface area contributed by atoms with Crippen LogP contribution in [0, 0.1) is 17.8 Å². The third-order valence-electron chi connectivity index (χ3n) is 4.70. The molecule has 0 radical (unpaired) electrons. The summed E-state index contributed by atoms with van der Waals surface area (Å²) in [5, 5.41) is 3.53. The van der Waals surface area contributed by atoms with Crippen molar-refractivity contribution in [3.8, 4) is 0 Å². The molecule has 0 aromatic heterocycles. The zero-order valence-corrected chi connectivity index (χ0v) is 12.0. The summed E-state index contributed by atoms with van der Waals surface area (Å²) in [4.78, 5) is 0. The van der Waals surface area contributed by atoms with Gasteiger partial charge in [-0.05, 0) is 56.0 Å².